The van der Waals surface area contributed by atoms with E-state index in [1.807, 2.05) is 0 Å². The monoisotopic (exact) mass is 334 g/mol. The molecule has 2 heteroatoms. The molecule has 0 radical (unpaired) electrons. The Labute approximate surface area is 149 Å². The fourth-order valence-corrected chi connectivity index (χ4v) is 4.49. The molecule has 0 amide bonds. The van der Waals surface area contributed by atoms with E-state index in [1.54, 1.807) is 5.57 Å². The van der Waals surface area contributed by atoms with Gasteiger partial charge in [-0.15, -0.1) is 0 Å². The predicted octanol–water partition coefficient (Wildman–Crippen LogP) is 5.90. The van der Waals surface area contributed by atoms with Crippen LogP contribution in [0.5, 0.6) is 0 Å². The van der Waals surface area contributed by atoms with E-state index in [0.717, 1.165) is 31.0 Å². The van der Waals surface area contributed by atoms with Gasteiger partial charge in [-0.3, -0.25) is 0 Å². The lowest BCUT2D eigenvalue weighted by Gasteiger charge is -2.32. The number of rotatable bonds is 6. The summed E-state index contributed by atoms with van der Waals surface area (Å²) >= 11 is 0. The molecular weight excluding hydrogens is 296 g/mol. The maximum Gasteiger partial charge on any atom is 0.0576 e. The van der Waals surface area contributed by atoms with E-state index < -0.39 is 0 Å². The van der Waals surface area contributed by atoms with Crippen molar-refractivity contribution in [3.8, 4) is 0 Å². The van der Waals surface area contributed by atoms with Crippen LogP contribution in [0.1, 0.15) is 84.5 Å². The highest BCUT2D eigenvalue weighted by molar-refractivity contribution is 5.06. The van der Waals surface area contributed by atoms with Crippen LogP contribution in [-0.2, 0) is 9.47 Å². The fourth-order valence-electron chi connectivity index (χ4n) is 4.49. The first-order chi connectivity index (χ1) is 11.7. The summed E-state index contributed by atoms with van der Waals surface area (Å²) in [5.74, 6) is 2.47. The Morgan fingerprint density at radius 2 is 1.58 bits per heavy atom. The largest absolute Gasteiger partial charge is 0.378 e. The summed E-state index contributed by atoms with van der Waals surface area (Å²) in [6.45, 7) is 6.63. The number of allylic oxidation sites excluding steroid dienone is 2. The summed E-state index contributed by atoms with van der Waals surface area (Å²) in [4.78, 5) is 0. The second-order valence-electron chi connectivity index (χ2n) is 8.89. The molecular formula is C22H38O2. The molecule has 2 nitrogen and oxygen atoms in total. The summed E-state index contributed by atoms with van der Waals surface area (Å²) in [5.41, 5.74) is 1.72. The van der Waals surface area contributed by atoms with Gasteiger partial charge in [0, 0.05) is 13.2 Å². The highest BCUT2D eigenvalue weighted by Gasteiger charge is 2.24. The Bertz CT molecular complexity index is 387. The van der Waals surface area contributed by atoms with Gasteiger partial charge in [0.05, 0.1) is 12.2 Å². The SMILES string of the molecule is CC1CC=C(CCC2CCC(CCC3CCC(C)CO3)OC2)CC1. The standard InChI is InChI=1S/C22H38O2/c1-17-3-6-19(7-4-17)8-9-20-10-12-22(24-16-20)14-13-21-11-5-18(2)15-23-21/h6,17-18,20-22H,3-5,7-16H2,1-2H3. The van der Waals surface area contributed by atoms with Crippen molar-refractivity contribution in [1.82, 2.24) is 0 Å². The second kappa shape index (κ2) is 9.38. The molecule has 0 spiro atoms. The zero-order valence-electron chi connectivity index (χ0n) is 16.0. The van der Waals surface area contributed by atoms with Crippen molar-refractivity contribution in [3.05, 3.63) is 11.6 Å². The minimum absolute atomic E-state index is 0.499. The Morgan fingerprint density at radius 1 is 0.833 bits per heavy atom. The molecule has 0 aromatic heterocycles. The predicted molar refractivity (Wildman–Crippen MR) is 100 cm³/mol. The molecule has 2 heterocycles. The fraction of sp³-hybridized carbons (Fsp3) is 0.909. The molecule has 3 rings (SSSR count). The van der Waals surface area contributed by atoms with Gasteiger partial charge in [-0.25, -0.2) is 0 Å². The maximum atomic E-state index is 6.18. The third kappa shape index (κ3) is 5.88. The van der Waals surface area contributed by atoms with Crippen molar-refractivity contribution in [3.63, 3.8) is 0 Å². The molecule has 2 saturated heterocycles. The first-order valence-corrected chi connectivity index (χ1v) is 10.6. The molecule has 5 unspecified atom stereocenters. The van der Waals surface area contributed by atoms with Gasteiger partial charge < -0.3 is 9.47 Å². The first-order valence-electron chi connectivity index (χ1n) is 10.6. The van der Waals surface area contributed by atoms with E-state index in [-0.39, 0.29) is 0 Å². The van der Waals surface area contributed by atoms with E-state index in [4.69, 9.17) is 9.47 Å². The third-order valence-corrected chi connectivity index (χ3v) is 6.51. The minimum atomic E-state index is 0.499. The molecule has 0 saturated carbocycles. The molecule has 5 atom stereocenters. The molecule has 2 fully saturated rings. The van der Waals surface area contributed by atoms with Crippen LogP contribution in [0.3, 0.4) is 0 Å². The van der Waals surface area contributed by atoms with Crippen molar-refractivity contribution in [2.24, 2.45) is 17.8 Å². The van der Waals surface area contributed by atoms with Crippen molar-refractivity contribution >= 4 is 0 Å². The Hall–Kier alpha value is -0.340. The average molecular weight is 335 g/mol. The van der Waals surface area contributed by atoms with Crippen LogP contribution >= 0.6 is 0 Å². The number of hydrogen-bond donors (Lipinski definition) is 0. The lowest BCUT2D eigenvalue weighted by atomic mass is 9.85. The van der Waals surface area contributed by atoms with E-state index in [1.165, 1.54) is 70.6 Å². The van der Waals surface area contributed by atoms with Crippen molar-refractivity contribution in [2.45, 2.75) is 96.7 Å². The van der Waals surface area contributed by atoms with Crippen molar-refractivity contribution in [2.75, 3.05) is 13.2 Å². The van der Waals surface area contributed by atoms with Crippen molar-refractivity contribution < 1.29 is 9.47 Å². The highest BCUT2D eigenvalue weighted by atomic mass is 16.5. The van der Waals surface area contributed by atoms with Crippen LogP contribution in [-0.4, -0.2) is 25.4 Å². The Morgan fingerprint density at radius 3 is 2.17 bits per heavy atom. The normalized spacial score (nSPS) is 37.9. The Balaban J connectivity index is 1.27. The maximum absolute atomic E-state index is 6.18. The van der Waals surface area contributed by atoms with Gasteiger partial charge in [0.25, 0.3) is 0 Å². The van der Waals surface area contributed by atoms with Gasteiger partial charge in [0.1, 0.15) is 0 Å². The third-order valence-electron chi connectivity index (χ3n) is 6.51. The smallest absolute Gasteiger partial charge is 0.0576 e. The lowest BCUT2D eigenvalue weighted by molar-refractivity contribution is -0.0482. The van der Waals surface area contributed by atoms with E-state index in [9.17, 15) is 0 Å². The summed E-state index contributed by atoms with van der Waals surface area (Å²) in [6.07, 6.45) is 17.9. The lowest BCUT2D eigenvalue weighted by Crippen LogP contribution is -2.29. The molecule has 138 valence electrons. The highest BCUT2D eigenvalue weighted by Crippen LogP contribution is 2.31. The van der Waals surface area contributed by atoms with E-state index in [2.05, 4.69) is 19.9 Å². The first kappa shape index (κ1) is 18.5. The topological polar surface area (TPSA) is 18.5 Å². The van der Waals surface area contributed by atoms with Gasteiger partial charge in [0.2, 0.25) is 0 Å². The zero-order chi connectivity index (χ0) is 16.8. The minimum Gasteiger partial charge on any atom is -0.378 e. The van der Waals surface area contributed by atoms with Gasteiger partial charge in [-0.05, 0) is 88.4 Å². The quantitative estimate of drug-likeness (QED) is 0.563. The van der Waals surface area contributed by atoms with Crippen LogP contribution in [0, 0.1) is 17.8 Å². The van der Waals surface area contributed by atoms with Crippen LogP contribution in [0.15, 0.2) is 11.6 Å². The zero-order valence-corrected chi connectivity index (χ0v) is 16.0. The molecule has 0 aromatic rings. The van der Waals surface area contributed by atoms with Crippen molar-refractivity contribution in [1.29, 1.82) is 0 Å². The molecule has 3 aliphatic rings. The van der Waals surface area contributed by atoms with Crippen LogP contribution < -0.4 is 0 Å². The van der Waals surface area contributed by atoms with Gasteiger partial charge in [-0.2, -0.15) is 0 Å². The molecule has 2 aliphatic heterocycles. The number of ether oxygens (including phenoxy) is 2. The van der Waals surface area contributed by atoms with Gasteiger partial charge in [0.15, 0.2) is 0 Å². The molecule has 24 heavy (non-hydrogen) atoms. The Kier molecular flexibility index (Phi) is 7.21. The van der Waals surface area contributed by atoms with Gasteiger partial charge >= 0.3 is 0 Å². The number of hydrogen-bond acceptors (Lipinski definition) is 2. The summed E-state index contributed by atoms with van der Waals surface area (Å²) in [7, 11) is 0. The molecule has 0 aromatic carbocycles. The average Bonchev–Trinajstić information content (AvgIpc) is 2.62. The van der Waals surface area contributed by atoms with E-state index in [0.29, 0.717) is 12.2 Å². The molecule has 1 aliphatic carbocycles. The summed E-state index contributed by atoms with van der Waals surface area (Å²) in [5, 5.41) is 0. The van der Waals surface area contributed by atoms with E-state index >= 15 is 0 Å². The second-order valence-corrected chi connectivity index (χ2v) is 8.89. The molecule has 0 bridgehead atoms. The van der Waals surface area contributed by atoms with Crippen LogP contribution in [0.2, 0.25) is 0 Å². The van der Waals surface area contributed by atoms with Crippen LogP contribution in [0.4, 0.5) is 0 Å². The van der Waals surface area contributed by atoms with Crippen LogP contribution in [0.25, 0.3) is 0 Å². The molecule has 0 N–H and O–H groups in total. The summed E-state index contributed by atoms with van der Waals surface area (Å²) in [6, 6.07) is 0. The van der Waals surface area contributed by atoms with Gasteiger partial charge in [-0.1, -0.05) is 25.5 Å². The summed E-state index contributed by atoms with van der Waals surface area (Å²) < 4.78 is 12.1.